The smallest absolute Gasteiger partial charge is 0.250 e. The number of amides is 1. The van der Waals surface area contributed by atoms with Gasteiger partial charge in [-0.25, -0.2) is 0 Å². The zero-order valence-corrected chi connectivity index (χ0v) is 16.9. The SMILES string of the molecule is COCCCNc1cc(NC2CC(C)(C)Cc3ncccc32)ccc1C(N)=O. The van der Waals surface area contributed by atoms with Crippen LogP contribution in [0.25, 0.3) is 0 Å². The lowest BCUT2D eigenvalue weighted by atomic mass is 9.74. The molecule has 1 amide bonds. The van der Waals surface area contributed by atoms with Crippen molar-refractivity contribution in [1.82, 2.24) is 4.98 Å². The van der Waals surface area contributed by atoms with Crippen molar-refractivity contribution in [1.29, 1.82) is 0 Å². The molecule has 1 aliphatic carbocycles. The summed E-state index contributed by atoms with van der Waals surface area (Å²) in [6, 6.07) is 9.97. The fourth-order valence-electron chi connectivity index (χ4n) is 3.87. The lowest BCUT2D eigenvalue weighted by molar-refractivity contribution is 0.100. The molecule has 0 radical (unpaired) electrons. The highest BCUT2D eigenvalue weighted by Crippen LogP contribution is 2.41. The van der Waals surface area contributed by atoms with Crippen LogP contribution in [0.3, 0.4) is 0 Å². The molecule has 6 heteroatoms. The monoisotopic (exact) mass is 382 g/mol. The summed E-state index contributed by atoms with van der Waals surface area (Å²) < 4.78 is 5.08. The van der Waals surface area contributed by atoms with Gasteiger partial charge in [-0.15, -0.1) is 0 Å². The number of rotatable bonds is 8. The summed E-state index contributed by atoms with van der Waals surface area (Å²) in [4.78, 5) is 16.4. The molecule has 0 aliphatic heterocycles. The van der Waals surface area contributed by atoms with E-state index in [4.69, 9.17) is 10.5 Å². The number of hydrogen-bond donors (Lipinski definition) is 3. The number of fused-ring (bicyclic) bond motifs is 1. The van der Waals surface area contributed by atoms with Gasteiger partial charge in [-0.2, -0.15) is 0 Å². The van der Waals surface area contributed by atoms with Crippen molar-refractivity contribution in [3.05, 3.63) is 53.3 Å². The number of benzene rings is 1. The van der Waals surface area contributed by atoms with Gasteiger partial charge in [0.05, 0.1) is 11.6 Å². The molecule has 6 nitrogen and oxygen atoms in total. The second-order valence-electron chi connectivity index (χ2n) is 8.18. The Morgan fingerprint density at radius 2 is 2.18 bits per heavy atom. The largest absolute Gasteiger partial charge is 0.385 e. The highest BCUT2D eigenvalue weighted by Gasteiger charge is 2.32. The van der Waals surface area contributed by atoms with E-state index in [2.05, 4.69) is 35.5 Å². The zero-order chi connectivity index (χ0) is 20.1. The molecule has 0 spiro atoms. The van der Waals surface area contributed by atoms with Crippen LogP contribution in [0, 0.1) is 5.41 Å². The summed E-state index contributed by atoms with van der Waals surface area (Å²) in [6.45, 7) is 5.93. The fourth-order valence-corrected chi connectivity index (χ4v) is 3.87. The number of hydrogen-bond acceptors (Lipinski definition) is 5. The van der Waals surface area contributed by atoms with E-state index in [1.807, 2.05) is 24.4 Å². The van der Waals surface area contributed by atoms with Crippen molar-refractivity contribution in [2.24, 2.45) is 11.1 Å². The highest BCUT2D eigenvalue weighted by molar-refractivity contribution is 5.99. The van der Waals surface area contributed by atoms with Crippen LogP contribution in [-0.2, 0) is 11.2 Å². The molecule has 1 aromatic carbocycles. The highest BCUT2D eigenvalue weighted by atomic mass is 16.5. The molecule has 1 unspecified atom stereocenters. The first-order chi connectivity index (χ1) is 13.4. The summed E-state index contributed by atoms with van der Waals surface area (Å²) >= 11 is 0. The number of aromatic nitrogens is 1. The Kier molecular flexibility index (Phi) is 6.19. The first kappa shape index (κ1) is 20.1. The Morgan fingerprint density at radius 3 is 2.93 bits per heavy atom. The molecule has 150 valence electrons. The molecule has 0 saturated heterocycles. The number of primary amides is 1. The lowest BCUT2D eigenvalue weighted by Gasteiger charge is -2.37. The van der Waals surface area contributed by atoms with E-state index < -0.39 is 5.91 Å². The number of nitrogens with two attached hydrogens (primary N) is 1. The fraction of sp³-hybridized carbons (Fsp3) is 0.455. The average molecular weight is 383 g/mol. The lowest BCUT2D eigenvalue weighted by Crippen LogP contribution is -2.30. The van der Waals surface area contributed by atoms with Crippen LogP contribution in [0.5, 0.6) is 0 Å². The molecule has 0 bridgehead atoms. The van der Waals surface area contributed by atoms with Gasteiger partial charge in [-0.1, -0.05) is 19.9 Å². The van der Waals surface area contributed by atoms with Crippen molar-refractivity contribution in [2.75, 3.05) is 30.9 Å². The van der Waals surface area contributed by atoms with Crippen molar-refractivity contribution in [2.45, 2.75) is 39.2 Å². The minimum Gasteiger partial charge on any atom is -0.385 e. The first-order valence-corrected chi connectivity index (χ1v) is 9.76. The van der Waals surface area contributed by atoms with Crippen molar-refractivity contribution in [3.63, 3.8) is 0 Å². The van der Waals surface area contributed by atoms with Gasteiger partial charge in [0.25, 0.3) is 5.91 Å². The molecular weight excluding hydrogens is 352 g/mol. The standard InChI is InChI=1S/C22H30N4O2/c1-22(2)13-19-16(6-4-9-25-19)20(14-22)26-15-7-8-17(21(23)27)18(12-15)24-10-5-11-28-3/h4,6-9,12,20,24,26H,5,10-11,13-14H2,1-3H3,(H2,23,27). The third kappa shape index (κ3) is 4.81. The van der Waals surface area contributed by atoms with Crippen molar-refractivity contribution < 1.29 is 9.53 Å². The number of methoxy groups -OCH3 is 1. The van der Waals surface area contributed by atoms with Crippen LogP contribution in [0.15, 0.2) is 36.5 Å². The summed E-state index contributed by atoms with van der Waals surface area (Å²) in [5.41, 5.74) is 10.3. The van der Waals surface area contributed by atoms with Gasteiger partial charge >= 0.3 is 0 Å². The Bertz CT molecular complexity index is 835. The maximum absolute atomic E-state index is 11.8. The van der Waals surface area contributed by atoms with Gasteiger partial charge in [-0.3, -0.25) is 9.78 Å². The number of carbonyl (C=O) groups is 1. The van der Waals surface area contributed by atoms with E-state index in [1.165, 1.54) is 5.56 Å². The normalized spacial score (nSPS) is 17.6. The van der Waals surface area contributed by atoms with Crippen LogP contribution in [0.4, 0.5) is 11.4 Å². The molecule has 2 aromatic rings. The van der Waals surface area contributed by atoms with E-state index in [-0.39, 0.29) is 11.5 Å². The van der Waals surface area contributed by atoms with E-state index in [0.717, 1.165) is 36.3 Å². The first-order valence-electron chi connectivity index (χ1n) is 9.76. The summed E-state index contributed by atoms with van der Waals surface area (Å²) in [7, 11) is 1.68. The number of ether oxygens (including phenoxy) is 1. The minimum atomic E-state index is -0.436. The molecule has 1 aliphatic rings. The molecule has 1 heterocycles. The second-order valence-corrected chi connectivity index (χ2v) is 8.18. The van der Waals surface area contributed by atoms with E-state index in [9.17, 15) is 4.79 Å². The molecule has 28 heavy (non-hydrogen) atoms. The summed E-state index contributed by atoms with van der Waals surface area (Å²) in [5.74, 6) is -0.436. The quantitative estimate of drug-likeness (QED) is 0.605. The maximum Gasteiger partial charge on any atom is 0.250 e. The van der Waals surface area contributed by atoms with Crippen LogP contribution in [0.1, 0.15) is 54.3 Å². The Morgan fingerprint density at radius 1 is 1.36 bits per heavy atom. The predicted octanol–water partition coefficient (Wildman–Crippen LogP) is 3.75. The topological polar surface area (TPSA) is 89.3 Å². The molecule has 4 N–H and O–H groups in total. The molecule has 1 aromatic heterocycles. The predicted molar refractivity (Wildman–Crippen MR) is 113 cm³/mol. The number of pyridine rings is 1. The molecule has 1 atom stereocenters. The van der Waals surface area contributed by atoms with Gasteiger partial charge in [0.1, 0.15) is 0 Å². The Hall–Kier alpha value is -2.60. The van der Waals surface area contributed by atoms with Crippen LogP contribution < -0.4 is 16.4 Å². The summed E-state index contributed by atoms with van der Waals surface area (Å²) in [6.07, 6.45) is 4.71. The molecule has 3 rings (SSSR count). The van der Waals surface area contributed by atoms with E-state index in [0.29, 0.717) is 18.7 Å². The van der Waals surface area contributed by atoms with E-state index in [1.54, 1.807) is 13.2 Å². The third-order valence-electron chi connectivity index (χ3n) is 5.17. The Labute approximate surface area is 166 Å². The van der Waals surface area contributed by atoms with Gasteiger partial charge in [-0.05, 0) is 54.5 Å². The average Bonchev–Trinajstić information content (AvgIpc) is 2.64. The molecule has 0 fully saturated rings. The molecule has 0 saturated carbocycles. The van der Waals surface area contributed by atoms with Gasteiger partial charge < -0.3 is 21.1 Å². The second kappa shape index (κ2) is 8.61. The number of nitrogens with one attached hydrogen (secondary N) is 2. The van der Waals surface area contributed by atoms with Crippen molar-refractivity contribution >= 4 is 17.3 Å². The number of carbonyl (C=O) groups excluding carboxylic acids is 1. The van der Waals surface area contributed by atoms with Crippen LogP contribution in [0.2, 0.25) is 0 Å². The number of anilines is 2. The van der Waals surface area contributed by atoms with Crippen molar-refractivity contribution in [3.8, 4) is 0 Å². The van der Waals surface area contributed by atoms with Gasteiger partial charge in [0.15, 0.2) is 0 Å². The maximum atomic E-state index is 11.8. The third-order valence-corrected chi connectivity index (χ3v) is 5.17. The number of nitrogens with zero attached hydrogens (tertiary/aromatic N) is 1. The van der Waals surface area contributed by atoms with Gasteiger partial charge in [0.2, 0.25) is 0 Å². The van der Waals surface area contributed by atoms with Crippen LogP contribution in [-0.4, -0.2) is 31.2 Å². The molecular formula is C22H30N4O2. The van der Waals surface area contributed by atoms with Crippen LogP contribution >= 0.6 is 0 Å². The summed E-state index contributed by atoms with van der Waals surface area (Å²) in [5, 5.41) is 6.95. The zero-order valence-electron chi connectivity index (χ0n) is 16.9. The van der Waals surface area contributed by atoms with E-state index >= 15 is 0 Å². The minimum absolute atomic E-state index is 0.174. The van der Waals surface area contributed by atoms with Gasteiger partial charge in [0, 0.05) is 43.5 Å². The Balaban J connectivity index is 1.83.